The van der Waals surface area contributed by atoms with Crippen molar-refractivity contribution in [3.05, 3.63) is 36.4 Å². The largest absolute Gasteiger partial charge is 0.493 e. The average molecular weight is 291 g/mol. The lowest BCUT2D eigenvalue weighted by molar-refractivity contribution is 0.294. The van der Waals surface area contributed by atoms with E-state index in [0.717, 1.165) is 29.4 Å². The highest BCUT2D eigenvalue weighted by molar-refractivity contribution is 5.79. The fraction of sp³-hybridized carbons (Fsp3) is 0.438. The highest BCUT2D eigenvalue weighted by atomic mass is 16.5. The smallest absolute Gasteiger partial charge is 0.191 e. The van der Waals surface area contributed by atoms with Gasteiger partial charge in [0.1, 0.15) is 0 Å². The van der Waals surface area contributed by atoms with Gasteiger partial charge in [-0.15, -0.1) is 6.58 Å². The molecule has 0 aliphatic carbocycles. The number of hydrogen-bond acceptors (Lipinski definition) is 3. The molecule has 0 saturated carbocycles. The number of guanidine groups is 1. The van der Waals surface area contributed by atoms with Crippen LogP contribution in [-0.4, -0.2) is 33.3 Å². The summed E-state index contributed by atoms with van der Waals surface area (Å²) in [6, 6.07) is 5.92. The summed E-state index contributed by atoms with van der Waals surface area (Å²) in [6.45, 7) is 7.76. The van der Waals surface area contributed by atoms with Crippen molar-refractivity contribution in [3.8, 4) is 11.5 Å². The molecule has 0 heterocycles. The third-order valence-electron chi connectivity index (χ3n) is 2.79. The van der Waals surface area contributed by atoms with Crippen molar-refractivity contribution in [1.82, 2.24) is 10.6 Å². The van der Waals surface area contributed by atoms with E-state index in [1.807, 2.05) is 18.2 Å². The first-order valence-corrected chi connectivity index (χ1v) is 7.10. The number of benzene rings is 1. The van der Waals surface area contributed by atoms with E-state index in [0.29, 0.717) is 19.7 Å². The summed E-state index contributed by atoms with van der Waals surface area (Å²) in [5.41, 5.74) is 1.09. The number of nitrogens with one attached hydrogen (secondary N) is 2. The Hall–Kier alpha value is -2.17. The summed E-state index contributed by atoms with van der Waals surface area (Å²) in [4.78, 5) is 4.13. The standard InChI is InChI=1S/C16H25N3O2/c1-5-9-18-16(17-3)19-12-13-7-8-14(21-10-6-2)15(11-13)20-4/h5,7-8,11H,1,6,9-10,12H2,2-4H3,(H2,17,18,19). The Morgan fingerprint density at radius 3 is 2.76 bits per heavy atom. The molecule has 0 radical (unpaired) electrons. The molecule has 0 spiro atoms. The minimum Gasteiger partial charge on any atom is -0.493 e. The second-order valence-electron chi connectivity index (χ2n) is 4.43. The molecule has 0 amide bonds. The Bertz CT molecular complexity index is 473. The first-order chi connectivity index (χ1) is 10.2. The van der Waals surface area contributed by atoms with E-state index >= 15 is 0 Å². The Balaban J connectivity index is 2.65. The van der Waals surface area contributed by atoms with Crippen LogP contribution in [-0.2, 0) is 6.54 Å². The van der Waals surface area contributed by atoms with Crippen LogP contribution in [0.5, 0.6) is 11.5 Å². The number of methoxy groups -OCH3 is 1. The lowest BCUT2D eigenvalue weighted by Crippen LogP contribution is -2.36. The van der Waals surface area contributed by atoms with Crippen molar-refractivity contribution >= 4 is 5.96 Å². The minimum absolute atomic E-state index is 0.654. The zero-order valence-corrected chi connectivity index (χ0v) is 13.1. The number of rotatable bonds is 8. The Labute approximate surface area is 127 Å². The van der Waals surface area contributed by atoms with Crippen molar-refractivity contribution in [3.63, 3.8) is 0 Å². The van der Waals surface area contributed by atoms with Gasteiger partial charge in [-0.2, -0.15) is 0 Å². The van der Waals surface area contributed by atoms with Crippen LogP contribution in [0.15, 0.2) is 35.8 Å². The summed E-state index contributed by atoms with van der Waals surface area (Å²) in [5.74, 6) is 2.26. The fourth-order valence-corrected chi connectivity index (χ4v) is 1.73. The van der Waals surface area contributed by atoms with Gasteiger partial charge in [0.15, 0.2) is 17.5 Å². The summed E-state index contributed by atoms with van der Waals surface area (Å²) in [6.07, 6.45) is 2.76. The lowest BCUT2D eigenvalue weighted by atomic mass is 10.2. The molecule has 0 fully saturated rings. The predicted molar refractivity (Wildman–Crippen MR) is 87.2 cm³/mol. The number of nitrogens with zero attached hydrogens (tertiary/aromatic N) is 1. The predicted octanol–water partition coefficient (Wildman–Crippen LogP) is 2.33. The zero-order valence-electron chi connectivity index (χ0n) is 13.1. The van der Waals surface area contributed by atoms with E-state index in [1.54, 1.807) is 20.2 Å². The maximum atomic E-state index is 5.64. The summed E-state index contributed by atoms with van der Waals surface area (Å²) in [7, 11) is 3.39. The number of hydrogen-bond donors (Lipinski definition) is 2. The van der Waals surface area contributed by atoms with Gasteiger partial charge in [0.2, 0.25) is 0 Å². The quantitative estimate of drug-likeness (QED) is 0.438. The Kier molecular flexibility index (Phi) is 7.79. The maximum Gasteiger partial charge on any atom is 0.191 e. The van der Waals surface area contributed by atoms with E-state index in [-0.39, 0.29) is 0 Å². The van der Waals surface area contributed by atoms with Crippen molar-refractivity contribution < 1.29 is 9.47 Å². The van der Waals surface area contributed by atoms with Crippen molar-refractivity contribution in [2.24, 2.45) is 4.99 Å². The fourth-order valence-electron chi connectivity index (χ4n) is 1.73. The van der Waals surface area contributed by atoms with Crippen molar-refractivity contribution in [2.45, 2.75) is 19.9 Å². The van der Waals surface area contributed by atoms with Crippen LogP contribution in [0.4, 0.5) is 0 Å². The summed E-state index contributed by atoms with van der Waals surface area (Å²) < 4.78 is 11.0. The van der Waals surface area contributed by atoms with Gasteiger partial charge in [0.05, 0.1) is 13.7 Å². The molecule has 0 atom stereocenters. The van der Waals surface area contributed by atoms with Gasteiger partial charge in [-0.25, -0.2) is 0 Å². The molecule has 116 valence electrons. The van der Waals surface area contributed by atoms with Crippen LogP contribution in [0.1, 0.15) is 18.9 Å². The van der Waals surface area contributed by atoms with Crippen LogP contribution < -0.4 is 20.1 Å². The molecule has 0 aliphatic rings. The van der Waals surface area contributed by atoms with Gasteiger partial charge in [-0.3, -0.25) is 4.99 Å². The van der Waals surface area contributed by atoms with Gasteiger partial charge in [0, 0.05) is 20.1 Å². The lowest BCUT2D eigenvalue weighted by Gasteiger charge is -2.13. The maximum absolute atomic E-state index is 5.64. The second-order valence-corrected chi connectivity index (χ2v) is 4.43. The van der Waals surface area contributed by atoms with E-state index in [2.05, 4.69) is 29.1 Å². The third kappa shape index (κ3) is 5.77. The van der Waals surface area contributed by atoms with Crippen molar-refractivity contribution in [1.29, 1.82) is 0 Å². The van der Waals surface area contributed by atoms with Gasteiger partial charge in [0.25, 0.3) is 0 Å². The number of ether oxygens (including phenoxy) is 2. The second kappa shape index (κ2) is 9.69. The normalized spacial score (nSPS) is 10.9. The van der Waals surface area contributed by atoms with E-state index < -0.39 is 0 Å². The Morgan fingerprint density at radius 1 is 1.33 bits per heavy atom. The highest BCUT2D eigenvalue weighted by Gasteiger charge is 2.06. The zero-order chi connectivity index (χ0) is 15.5. The molecule has 5 nitrogen and oxygen atoms in total. The molecule has 0 bridgehead atoms. The van der Waals surface area contributed by atoms with E-state index in [4.69, 9.17) is 9.47 Å². The van der Waals surface area contributed by atoms with Gasteiger partial charge < -0.3 is 20.1 Å². The first-order valence-electron chi connectivity index (χ1n) is 7.10. The third-order valence-corrected chi connectivity index (χ3v) is 2.79. The van der Waals surface area contributed by atoms with Crippen LogP contribution in [0, 0.1) is 0 Å². The van der Waals surface area contributed by atoms with Crippen molar-refractivity contribution in [2.75, 3.05) is 27.3 Å². The van der Waals surface area contributed by atoms with Gasteiger partial charge in [-0.1, -0.05) is 19.1 Å². The molecule has 1 aromatic rings. The van der Waals surface area contributed by atoms with E-state index in [9.17, 15) is 0 Å². The van der Waals surface area contributed by atoms with Crippen LogP contribution in [0.2, 0.25) is 0 Å². The molecular formula is C16H25N3O2. The topological polar surface area (TPSA) is 54.9 Å². The molecule has 2 N–H and O–H groups in total. The molecule has 1 aromatic carbocycles. The minimum atomic E-state index is 0.654. The first kappa shape index (κ1) is 16.9. The summed E-state index contributed by atoms with van der Waals surface area (Å²) >= 11 is 0. The molecule has 0 unspecified atom stereocenters. The van der Waals surface area contributed by atoms with Crippen LogP contribution >= 0.6 is 0 Å². The molecule has 0 aliphatic heterocycles. The van der Waals surface area contributed by atoms with E-state index in [1.165, 1.54) is 0 Å². The molecule has 21 heavy (non-hydrogen) atoms. The highest BCUT2D eigenvalue weighted by Crippen LogP contribution is 2.28. The number of aliphatic imine (C=N–C) groups is 1. The SMILES string of the molecule is C=CCNC(=NC)NCc1ccc(OCCC)c(OC)c1. The summed E-state index contributed by atoms with van der Waals surface area (Å²) in [5, 5.41) is 6.35. The molecular weight excluding hydrogens is 266 g/mol. The molecule has 0 saturated heterocycles. The molecule has 0 aromatic heterocycles. The Morgan fingerprint density at radius 2 is 2.14 bits per heavy atom. The molecule has 1 rings (SSSR count). The van der Waals surface area contributed by atoms with Gasteiger partial charge >= 0.3 is 0 Å². The average Bonchev–Trinajstić information content (AvgIpc) is 2.53. The monoisotopic (exact) mass is 291 g/mol. The molecule has 5 heteroatoms. The van der Waals surface area contributed by atoms with Crippen LogP contribution in [0.3, 0.4) is 0 Å². The van der Waals surface area contributed by atoms with Crippen LogP contribution in [0.25, 0.3) is 0 Å². The van der Waals surface area contributed by atoms with Gasteiger partial charge in [-0.05, 0) is 24.1 Å².